The number of hydrogen-bond acceptors (Lipinski definition) is 4. The van der Waals surface area contributed by atoms with Gasteiger partial charge >= 0.3 is 0 Å². The first-order valence-electron chi connectivity index (χ1n) is 5.64. The molecule has 0 radical (unpaired) electrons. The number of carbonyl (C=O) groups is 1. The molecule has 0 fully saturated rings. The van der Waals surface area contributed by atoms with Crippen molar-refractivity contribution in [1.82, 2.24) is 5.32 Å². The Balaban J connectivity index is 2.75. The van der Waals surface area contributed by atoms with Crippen molar-refractivity contribution < 1.29 is 14.2 Å². The number of rotatable bonds is 5. The van der Waals surface area contributed by atoms with E-state index in [1.807, 2.05) is 0 Å². The van der Waals surface area contributed by atoms with Crippen LogP contribution in [-0.4, -0.2) is 39.2 Å². The van der Waals surface area contributed by atoms with E-state index < -0.39 is 10.8 Å². The Morgan fingerprint density at radius 3 is 2.74 bits per heavy atom. The van der Waals surface area contributed by atoms with Crippen LogP contribution in [-0.2, 0) is 10.8 Å². The number of amides is 1. The summed E-state index contributed by atoms with van der Waals surface area (Å²) in [6.07, 6.45) is 1.59. The van der Waals surface area contributed by atoms with Gasteiger partial charge < -0.3 is 16.3 Å². The summed E-state index contributed by atoms with van der Waals surface area (Å²) in [6, 6.07) is 6.42. The molecule has 0 bridgehead atoms. The lowest BCUT2D eigenvalue weighted by atomic mass is 10.1. The van der Waals surface area contributed by atoms with Gasteiger partial charge in [-0.3, -0.25) is 9.00 Å². The molecule has 1 aromatic carbocycles. The van der Waals surface area contributed by atoms with E-state index in [-0.39, 0.29) is 17.0 Å². The van der Waals surface area contributed by atoms with Crippen LogP contribution in [0.4, 0.5) is 0 Å². The summed E-state index contributed by atoms with van der Waals surface area (Å²) in [5, 5.41) is 14.0. The van der Waals surface area contributed by atoms with E-state index in [1.54, 1.807) is 31.4 Å². The van der Waals surface area contributed by atoms with Crippen LogP contribution >= 0.6 is 0 Å². The van der Waals surface area contributed by atoms with Crippen LogP contribution < -0.4 is 11.1 Å². The van der Waals surface area contributed by atoms with E-state index >= 15 is 0 Å². The predicted molar refractivity (Wildman–Crippen MR) is 74.8 cm³/mol. The molecule has 7 heteroatoms. The zero-order chi connectivity index (χ0) is 14.4. The summed E-state index contributed by atoms with van der Waals surface area (Å²) in [7, 11) is -0.983. The van der Waals surface area contributed by atoms with Gasteiger partial charge in [0.05, 0.1) is 0 Å². The molecule has 19 heavy (non-hydrogen) atoms. The molecule has 0 aliphatic heterocycles. The van der Waals surface area contributed by atoms with Crippen molar-refractivity contribution in [2.75, 3.05) is 12.8 Å². The summed E-state index contributed by atoms with van der Waals surface area (Å²) < 4.78 is 11.2. The number of nitrogens with two attached hydrogens (primary N) is 1. The second-order valence-corrected chi connectivity index (χ2v) is 5.89. The van der Waals surface area contributed by atoms with Crippen LogP contribution in [0.2, 0.25) is 0 Å². The van der Waals surface area contributed by atoms with E-state index in [9.17, 15) is 9.00 Å². The molecular formula is C12H17N3O3S. The van der Waals surface area contributed by atoms with Gasteiger partial charge in [-0.05, 0) is 19.1 Å². The molecule has 1 rings (SSSR count). The molecule has 2 atom stereocenters. The monoisotopic (exact) mass is 283 g/mol. The van der Waals surface area contributed by atoms with Gasteiger partial charge in [-0.25, -0.2) is 0 Å². The maximum atomic E-state index is 11.9. The Morgan fingerprint density at radius 1 is 1.53 bits per heavy atom. The highest BCUT2D eigenvalue weighted by molar-refractivity contribution is 7.84. The Morgan fingerprint density at radius 2 is 2.16 bits per heavy atom. The average molecular weight is 283 g/mol. The number of nitrogens with zero attached hydrogens (tertiary/aromatic N) is 1. The molecule has 1 amide bonds. The lowest BCUT2D eigenvalue weighted by Gasteiger charge is -2.10. The quantitative estimate of drug-likeness (QED) is 0.312. The van der Waals surface area contributed by atoms with E-state index in [0.29, 0.717) is 17.7 Å². The predicted octanol–water partition coefficient (Wildman–Crippen LogP) is 0.278. The minimum Gasteiger partial charge on any atom is -0.409 e. The molecule has 0 aliphatic carbocycles. The summed E-state index contributed by atoms with van der Waals surface area (Å²) in [6.45, 7) is 2.12. The zero-order valence-corrected chi connectivity index (χ0v) is 11.6. The van der Waals surface area contributed by atoms with Crippen LogP contribution in [0.1, 0.15) is 22.8 Å². The molecule has 0 saturated heterocycles. The Kier molecular flexibility index (Phi) is 5.50. The van der Waals surface area contributed by atoms with Gasteiger partial charge in [0.2, 0.25) is 0 Å². The smallest absolute Gasteiger partial charge is 0.251 e. The maximum absolute atomic E-state index is 11.9. The average Bonchev–Trinajstić information content (AvgIpc) is 2.43. The number of nitrogens with one attached hydrogen (secondary N) is 1. The second kappa shape index (κ2) is 6.89. The largest absolute Gasteiger partial charge is 0.409 e. The normalized spacial score (nSPS) is 14.7. The Labute approximate surface area is 114 Å². The highest BCUT2D eigenvalue weighted by atomic mass is 32.2. The van der Waals surface area contributed by atoms with Crippen LogP contribution in [0, 0.1) is 0 Å². The first-order valence-corrected chi connectivity index (χ1v) is 7.26. The summed E-state index contributed by atoms with van der Waals surface area (Å²) in [4.78, 5) is 11.9. The lowest BCUT2D eigenvalue weighted by Crippen LogP contribution is -2.32. The van der Waals surface area contributed by atoms with Crippen LogP contribution in [0.5, 0.6) is 0 Å². The standard InChI is InChI=1S/C12H17N3O3S/c1-8(19(2)18)7-14-12(16)10-5-3-4-9(6-10)11(13)15-17/h3-6,8,17H,7H2,1-2H3,(H2,13,15)(H,14,16). The number of oxime groups is 1. The molecule has 2 unspecified atom stereocenters. The van der Waals surface area contributed by atoms with Gasteiger partial charge in [-0.2, -0.15) is 0 Å². The Bertz CT molecular complexity index is 517. The summed E-state index contributed by atoms with van der Waals surface area (Å²) >= 11 is 0. The lowest BCUT2D eigenvalue weighted by molar-refractivity contribution is 0.0954. The van der Waals surface area contributed by atoms with Crippen molar-refractivity contribution in [2.24, 2.45) is 10.9 Å². The first kappa shape index (κ1) is 15.2. The maximum Gasteiger partial charge on any atom is 0.251 e. The van der Waals surface area contributed by atoms with E-state index in [2.05, 4.69) is 10.5 Å². The number of hydrogen-bond donors (Lipinski definition) is 3. The fraction of sp³-hybridized carbons (Fsp3) is 0.333. The van der Waals surface area contributed by atoms with Crippen molar-refractivity contribution in [2.45, 2.75) is 12.2 Å². The van der Waals surface area contributed by atoms with Crippen LogP contribution in [0.15, 0.2) is 29.4 Å². The third-order valence-electron chi connectivity index (χ3n) is 2.64. The summed E-state index contributed by atoms with van der Waals surface area (Å²) in [5.74, 6) is -0.345. The van der Waals surface area contributed by atoms with Crippen molar-refractivity contribution in [1.29, 1.82) is 0 Å². The Hall–Kier alpha value is -1.89. The van der Waals surface area contributed by atoms with Gasteiger partial charge in [0, 0.05) is 40.0 Å². The minimum atomic E-state index is -0.983. The van der Waals surface area contributed by atoms with Gasteiger partial charge in [-0.15, -0.1) is 0 Å². The minimum absolute atomic E-state index is 0.0577. The molecular weight excluding hydrogens is 266 g/mol. The van der Waals surface area contributed by atoms with E-state index in [4.69, 9.17) is 10.9 Å². The molecule has 0 aliphatic rings. The second-order valence-electron chi connectivity index (χ2n) is 4.09. The highest BCUT2D eigenvalue weighted by Gasteiger charge is 2.11. The molecule has 1 aromatic rings. The fourth-order valence-corrected chi connectivity index (χ4v) is 1.65. The molecule has 0 aromatic heterocycles. The first-order chi connectivity index (χ1) is 8.95. The molecule has 4 N–H and O–H groups in total. The topological polar surface area (TPSA) is 105 Å². The SMILES string of the molecule is CC(CNC(=O)c1cccc(/C(N)=N/O)c1)S(C)=O. The van der Waals surface area contributed by atoms with Crippen LogP contribution in [0.25, 0.3) is 0 Å². The molecule has 6 nitrogen and oxygen atoms in total. The summed E-state index contributed by atoms with van der Waals surface area (Å²) in [5.41, 5.74) is 6.31. The molecule has 104 valence electrons. The molecule has 0 heterocycles. The number of benzene rings is 1. The van der Waals surface area contributed by atoms with Gasteiger partial charge in [0.15, 0.2) is 5.84 Å². The van der Waals surface area contributed by atoms with Crippen molar-refractivity contribution in [3.05, 3.63) is 35.4 Å². The molecule has 0 saturated carbocycles. The van der Waals surface area contributed by atoms with E-state index in [1.165, 1.54) is 6.07 Å². The number of amidine groups is 1. The van der Waals surface area contributed by atoms with E-state index in [0.717, 1.165) is 0 Å². The van der Waals surface area contributed by atoms with Crippen molar-refractivity contribution in [3.8, 4) is 0 Å². The highest BCUT2D eigenvalue weighted by Crippen LogP contribution is 2.05. The van der Waals surface area contributed by atoms with Crippen LogP contribution in [0.3, 0.4) is 0 Å². The molecule has 0 spiro atoms. The van der Waals surface area contributed by atoms with Gasteiger partial charge in [-0.1, -0.05) is 17.3 Å². The third kappa shape index (κ3) is 4.36. The van der Waals surface area contributed by atoms with Crippen molar-refractivity contribution in [3.63, 3.8) is 0 Å². The van der Waals surface area contributed by atoms with Gasteiger partial charge in [0.25, 0.3) is 5.91 Å². The number of carbonyl (C=O) groups excluding carboxylic acids is 1. The zero-order valence-electron chi connectivity index (χ0n) is 10.8. The van der Waals surface area contributed by atoms with Gasteiger partial charge in [0.1, 0.15) is 0 Å². The fourth-order valence-electron chi connectivity index (χ4n) is 1.33. The van der Waals surface area contributed by atoms with Crippen molar-refractivity contribution >= 4 is 22.5 Å². The third-order valence-corrected chi connectivity index (χ3v) is 3.94.